The molecule has 21 heavy (non-hydrogen) atoms. The molecule has 0 spiro atoms. The van der Waals surface area contributed by atoms with Crippen LogP contribution in [0.4, 0.5) is 0 Å². The van der Waals surface area contributed by atoms with Gasteiger partial charge in [-0.3, -0.25) is 4.90 Å². The van der Waals surface area contributed by atoms with Crippen LogP contribution in [-0.2, 0) is 4.74 Å². The van der Waals surface area contributed by atoms with E-state index in [0.29, 0.717) is 23.4 Å². The predicted molar refractivity (Wildman–Crippen MR) is 88.2 cm³/mol. The lowest BCUT2D eigenvalue weighted by Crippen LogP contribution is -2.44. The molecule has 1 aliphatic heterocycles. The van der Waals surface area contributed by atoms with Crippen LogP contribution in [-0.4, -0.2) is 43.1 Å². The number of hydrogen-bond donors (Lipinski definition) is 1. The average molecular weight is 328 g/mol. The first kappa shape index (κ1) is 16.3. The monoisotopic (exact) mass is 327 g/mol. The number of ether oxygens (including phenoxy) is 1. The summed E-state index contributed by atoms with van der Waals surface area (Å²) in [6.45, 7) is 8.44. The largest absolute Gasteiger partial charge is 0.362 e. The molecule has 1 aromatic rings. The Balaban J connectivity index is 2.14. The second-order valence-electron chi connectivity index (χ2n) is 4.70. The van der Waals surface area contributed by atoms with E-state index in [1.807, 2.05) is 12.1 Å². The lowest BCUT2D eigenvalue weighted by molar-refractivity contribution is 0.0377. The van der Waals surface area contributed by atoms with Crippen molar-refractivity contribution in [3.05, 3.63) is 46.5 Å². The molecule has 114 valence electrons. The fourth-order valence-corrected chi connectivity index (χ4v) is 2.56. The van der Waals surface area contributed by atoms with Gasteiger partial charge in [0.2, 0.25) is 0 Å². The normalized spacial score (nSPS) is 17.7. The van der Waals surface area contributed by atoms with Crippen molar-refractivity contribution in [2.75, 3.05) is 26.4 Å². The van der Waals surface area contributed by atoms with E-state index in [4.69, 9.17) is 27.9 Å². The van der Waals surface area contributed by atoms with Gasteiger partial charge in [-0.2, -0.15) is 5.10 Å². The topological polar surface area (TPSA) is 36.9 Å². The van der Waals surface area contributed by atoms with Crippen molar-refractivity contribution in [1.29, 1.82) is 0 Å². The molecule has 2 rings (SSSR count). The SMILES string of the molecule is C=CCOCN(CC)C1CNN=C1c1ccc(Cl)c(Cl)c1. The number of likely N-dealkylation sites (N-methyl/N-ethyl adjacent to an activating group) is 1. The molecule has 0 aromatic heterocycles. The van der Waals surface area contributed by atoms with E-state index < -0.39 is 0 Å². The molecule has 0 amide bonds. The zero-order chi connectivity index (χ0) is 15.2. The third-order valence-corrected chi connectivity index (χ3v) is 4.09. The molecule has 1 atom stereocenters. The lowest BCUT2D eigenvalue weighted by atomic mass is 10.0. The number of hydrogen-bond acceptors (Lipinski definition) is 4. The first-order chi connectivity index (χ1) is 10.2. The van der Waals surface area contributed by atoms with E-state index in [2.05, 4.69) is 28.9 Å². The van der Waals surface area contributed by atoms with E-state index in [-0.39, 0.29) is 6.04 Å². The van der Waals surface area contributed by atoms with Gasteiger partial charge in [-0.15, -0.1) is 6.58 Å². The van der Waals surface area contributed by atoms with Crippen LogP contribution in [0.15, 0.2) is 36.0 Å². The zero-order valence-corrected chi connectivity index (χ0v) is 13.5. The maximum Gasteiger partial charge on any atom is 0.100 e. The van der Waals surface area contributed by atoms with Gasteiger partial charge in [0.1, 0.15) is 6.73 Å². The van der Waals surface area contributed by atoms with Crippen LogP contribution in [0.2, 0.25) is 10.0 Å². The second-order valence-corrected chi connectivity index (χ2v) is 5.51. The van der Waals surface area contributed by atoms with Crippen LogP contribution in [0.1, 0.15) is 12.5 Å². The highest BCUT2D eigenvalue weighted by atomic mass is 35.5. The number of nitrogens with zero attached hydrogens (tertiary/aromatic N) is 2. The van der Waals surface area contributed by atoms with Crippen molar-refractivity contribution in [3.8, 4) is 0 Å². The molecule has 1 N–H and O–H groups in total. The first-order valence-corrected chi connectivity index (χ1v) is 7.61. The van der Waals surface area contributed by atoms with Crippen molar-refractivity contribution in [1.82, 2.24) is 10.3 Å². The van der Waals surface area contributed by atoms with Crippen molar-refractivity contribution in [2.45, 2.75) is 13.0 Å². The van der Waals surface area contributed by atoms with Gasteiger partial charge in [0.15, 0.2) is 0 Å². The third-order valence-electron chi connectivity index (χ3n) is 3.35. The van der Waals surface area contributed by atoms with Gasteiger partial charge in [-0.05, 0) is 18.7 Å². The molecule has 0 aliphatic carbocycles. The molecule has 0 bridgehead atoms. The van der Waals surface area contributed by atoms with Crippen molar-refractivity contribution < 1.29 is 4.74 Å². The van der Waals surface area contributed by atoms with E-state index in [1.54, 1.807) is 12.1 Å². The van der Waals surface area contributed by atoms with Crippen LogP contribution in [0.5, 0.6) is 0 Å². The minimum Gasteiger partial charge on any atom is -0.362 e. The summed E-state index contributed by atoms with van der Waals surface area (Å²) in [5.74, 6) is 0. The summed E-state index contributed by atoms with van der Waals surface area (Å²) in [5.41, 5.74) is 4.98. The maximum atomic E-state index is 6.10. The summed E-state index contributed by atoms with van der Waals surface area (Å²) in [6, 6.07) is 5.73. The smallest absolute Gasteiger partial charge is 0.100 e. The summed E-state index contributed by atoms with van der Waals surface area (Å²) in [7, 11) is 0. The van der Waals surface area contributed by atoms with Crippen LogP contribution in [0, 0.1) is 0 Å². The molecule has 1 heterocycles. The minimum atomic E-state index is 0.150. The van der Waals surface area contributed by atoms with Gasteiger partial charge in [0.05, 0.1) is 35.0 Å². The highest BCUT2D eigenvalue weighted by Gasteiger charge is 2.28. The quantitative estimate of drug-likeness (QED) is 0.475. The fraction of sp³-hybridized carbons (Fsp3) is 0.400. The van der Waals surface area contributed by atoms with Crippen LogP contribution in [0.3, 0.4) is 0 Å². The Bertz CT molecular complexity index is 534. The Labute approximate surface area is 135 Å². The Morgan fingerprint density at radius 3 is 2.95 bits per heavy atom. The van der Waals surface area contributed by atoms with Gasteiger partial charge in [0, 0.05) is 5.56 Å². The molecule has 0 fully saturated rings. The van der Waals surface area contributed by atoms with Gasteiger partial charge >= 0.3 is 0 Å². The van der Waals surface area contributed by atoms with Crippen molar-refractivity contribution >= 4 is 28.9 Å². The van der Waals surface area contributed by atoms with Crippen molar-refractivity contribution in [3.63, 3.8) is 0 Å². The third kappa shape index (κ3) is 3.98. The Kier molecular flexibility index (Phi) is 6.06. The summed E-state index contributed by atoms with van der Waals surface area (Å²) in [4.78, 5) is 2.21. The zero-order valence-electron chi connectivity index (χ0n) is 12.0. The molecule has 1 aliphatic rings. The highest BCUT2D eigenvalue weighted by Crippen LogP contribution is 2.24. The number of rotatable bonds is 7. The number of hydrazone groups is 1. The molecular weight excluding hydrogens is 309 g/mol. The number of halogens is 2. The summed E-state index contributed by atoms with van der Waals surface area (Å²) < 4.78 is 5.55. The number of nitrogens with one attached hydrogen (secondary N) is 1. The first-order valence-electron chi connectivity index (χ1n) is 6.86. The van der Waals surface area contributed by atoms with E-state index in [0.717, 1.165) is 24.4 Å². The van der Waals surface area contributed by atoms with E-state index >= 15 is 0 Å². The standard InChI is InChI=1S/C15H19Cl2N3O/c1-3-7-21-10-20(4-2)14-9-18-19-15(14)11-5-6-12(16)13(17)8-11/h3,5-6,8,14,18H,1,4,7,9-10H2,2H3. The Hall–Kier alpha value is -1.07. The lowest BCUT2D eigenvalue weighted by Gasteiger charge is -2.27. The summed E-state index contributed by atoms with van der Waals surface area (Å²) >= 11 is 12.1. The molecule has 0 saturated heterocycles. The Morgan fingerprint density at radius 2 is 2.29 bits per heavy atom. The van der Waals surface area contributed by atoms with Gasteiger partial charge < -0.3 is 10.2 Å². The molecule has 4 nitrogen and oxygen atoms in total. The molecule has 1 aromatic carbocycles. The van der Waals surface area contributed by atoms with Crippen LogP contribution in [0.25, 0.3) is 0 Å². The number of benzene rings is 1. The van der Waals surface area contributed by atoms with Crippen LogP contribution >= 0.6 is 23.2 Å². The molecule has 1 unspecified atom stereocenters. The van der Waals surface area contributed by atoms with Crippen LogP contribution < -0.4 is 5.43 Å². The van der Waals surface area contributed by atoms with Gasteiger partial charge in [-0.1, -0.05) is 42.3 Å². The molecule has 0 saturated carbocycles. The van der Waals surface area contributed by atoms with E-state index in [1.165, 1.54) is 0 Å². The predicted octanol–water partition coefficient (Wildman–Crippen LogP) is 3.15. The minimum absolute atomic E-state index is 0.150. The molecular formula is C15H19Cl2N3O. The summed E-state index contributed by atoms with van der Waals surface area (Å²) in [6.07, 6.45) is 1.74. The van der Waals surface area contributed by atoms with Crippen molar-refractivity contribution in [2.24, 2.45) is 5.10 Å². The Morgan fingerprint density at radius 1 is 1.48 bits per heavy atom. The molecule has 0 radical (unpaired) electrons. The average Bonchev–Trinajstić information content (AvgIpc) is 2.96. The van der Waals surface area contributed by atoms with Gasteiger partial charge in [0.25, 0.3) is 0 Å². The maximum absolute atomic E-state index is 6.10. The highest BCUT2D eigenvalue weighted by molar-refractivity contribution is 6.42. The summed E-state index contributed by atoms with van der Waals surface area (Å²) in [5, 5.41) is 5.48. The van der Waals surface area contributed by atoms with Gasteiger partial charge in [-0.25, -0.2) is 0 Å². The fourth-order valence-electron chi connectivity index (χ4n) is 2.26. The molecule has 6 heteroatoms. The van der Waals surface area contributed by atoms with E-state index in [9.17, 15) is 0 Å². The second kappa shape index (κ2) is 7.80.